The second-order valence-electron chi connectivity index (χ2n) is 4.56. The highest BCUT2D eigenvalue weighted by Crippen LogP contribution is 2.32. The zero-order valence-corrected chi connectivity index (χ0v) is 12.0. The molecule has 0 aliphatic rings. The molecule has 3 aromatic rings. The van der Waals surface area contributed by atoms with Gasteiger partial charge in [0.15, 0.2) is 0 Å². The molecule has 102 valence electrons. The zero-order chi connectivity index (χ0) is 13.9. The van der Waals surface area contributed by atoms with Crippen LogP contribution in [0.5, 0.6) is 11.6 Å². The molecule has 1 aromatic carbocycles. The summed E-state index contributed by atoms with van der Waals surface area (Å²) in [6, 6.07) is 7.94. The number of rotatable bonds is 4. The molecule has 0 spiro atoms. The van der Waals surface area contributed by atoms with E-state index in [1.807, 2.05) is 31.2 Å². The van der Waals surface area contributed by atoms with Gasteiger partial charge in [0.25, 0.3) is 0 Å². The zero-order valence-electron chi connectivity index (χ0n) is 11.2. The van der Waals surface area contributed by atoms with Gasteiger partial charge in [-0.2, -0.15) is 0 Å². The summed E-state index contributed by atoms with van der Waals surface area (Å²) in [6.45, 7) is 2.69. The highest BCUT2D eigenvalue weighted by molar-refractivity contribution is 7.17. The molecule has 0 aliphatic carbocycles. The largest absolute Gasteiger partial charge is 0.437 e. The second-order valence-corrected chi connectivity index (χ2v) is 5.44. The fraction of sp³-hybridized carbons (Fsp3) is 0.200. The van der Waals surface area contributed by atoms with Crippen LogP contribution in [0.15, 0.2) is 36.0 Å². The van der Waals surface area contributed by atoms with E-state index in [1.54, 1.807) is 17.7 Å². The summed E-state index contributed by atoms with van der Waals surface area (Å²) in [4.78, 5) is 8.52. The molecule has 0 aliphatic heterocycles. The van der Waals surface area contributed by atoms with Crippen LogP contribution in [0, 0.1) is 6.92 Å². The van der Waals surface area contributed by atoms with E-state index in [9.17, 15) is 0 Å². The summed E-state index contributed by atoms with van der Waals surface area (Å²) < 4.78 is 6.85. The predicted molar refractivity (Wildman–Crippen MR) is 81.4 cm³/mol. The van der Waals surface area contributed by atoms with Gasteiger partial charge >= 0.3 is 0 Å². The SMILES string of the molecule is Cc1csc2c(Oc3ccc(CCN)cc3)ncnc12. The first-order valence-electron chi connectivity index (χ1n) is 6.43. The van der Waals surface area contributed by atoms with E-state index in [0.29, 0.717) is 12.4 Å². The number of ether oxygens (including phenoxy) is 1. The van der Waals surface area contributed by atoms with Crippen LogP contribution in [-0.4, -0.2) is 16.5 Å². The van der Waals surface area contributed by atoms with Crippen molar-refractivity contribution >= 4 is 21.6 Å². The quantitative estimate of drug-likeness (QED) is 0.799. The Balaban J connectivity index is 1.89. The van der Waals surface area contributed by atoms with Crippen molar-refractivity contribution in [1.82, 2.24) is 9.97 Å². The average molecular weight is 285 g/mol. The minimum absolute atomic E-state index is 0.611. The summed E-state index contributed by atoms with van der Waals surface area (Å²) in [7, 11) is 0. The highest BCUT2D eigenvalue weighted by atomic mass is 32.1. The fourth-order valence-electron chi connectivity index (χ4n) is 2.02. The van der Waals surface area contributed by atoms with E-state index < -0.39 is 0 Å². The van der Waals surface area contributed by atoms with E-state index in [4.69, 9.17) is 10.5 Å². The first-order valence-corrected chi connectivity index (χ1v) is 7.31. The van der Waals surface area contributed by atoms with Crippen molar-refractivity contribution in [1.29, 1.82) is 0 Å². The Morgan fingerprint density at radius 1 is 1.20 bits per heavy atom. The maximum atomic E-state index is 5.87. The summed E-state index contributed by atoms with van der Waals surface area (Å²) in [6.07, 6.45) is 2.42. The Morgan fingerprint density at radius 3 is 2.75 bits per heavy atom. The van der Waals surface area contributed by atoms with Crippen molar-refractivity contribution in [2.24, 2.45) is 5.73 Å². The Labute approximate surface area is 121 Å². The number of aromatic nitrogens is 2. The van der Waals surface area contributed by atoms with Crippen LogP contribution in [0.25, 0.3) is 10.2 Å². The first-order chi connectivity index (χ1) is 9.78. The molecule has 2 N–H and O–H groups in total. The number of benzene rings is 1. The Bertz CT molecular complexity index is 722. The maximum absolute atomic E-state index is 5.87. The van der Waals surface area contributed by atoms with Crippen LogP contribution in [0.1, 0.15) is 11.1 Å². The number of thiophene rings is 1. The van der Waals surface area contributed by atoms with Crippen LogP contribution in [0.2, 0.25) is 0 Å². The van der Waals surface area contributed by atoms with Crippen molar-refractivity contribution in [2.75, 3.05) is 6.54 Å². The van der Waals surface area contributed by atoms with Gasteiger partial charge in [0, 0.05) is 0 Å². The van der Waals surface area contributed by atoms with Crippen molar-refractivity contribution in [3.63, 3.8) is 0 Å². The van der Waals surface area contributed by atoms with Gasteiger partial charge in [0.2, 0.25) is 5.88 Å². The Hall–Kier alpha value is -1.98. The first kappa shape index (κ1) is 13.0. The van der Waals surface area contributed by atoms with E-state index in [0.717, 1.165) is 28.0 Å². The number of hydrogen-bond acceptors (Lipinski definition) is 5. The van der Waals surface area contributed by atoms with Gasteiger partial charge in [-0.05, 0) is 48.5 Å². The molecule has 0 unspecified atom stereocenters. The molecule has 0 fully saturated rings. The summed E-state index contributed by atoms with van der Waals surface area (Å²) >= 11 is 1.60. The lowest BCUT2D eigenvalue weighted by Crippen LogP contribution is -2.02. The molecule has 2 heterocycles. The van der Waals surface area contributed by atoms with Crippen LogP contribution in [-0.2, 0) is 6.42 Å². The molecule has 20 heavy (non-hydrogen) atoms. The molecule has 3 rings (SSSR count). The minimum Gasteiger partial charge on any atom is -0.437 e. The molecular formula is C15H15N3OS. The molecule has 0 saturated heterocycles. The van der Waals surface area contributed by atoms with Gasteiger partial charge in [-0.1, -0.05) is 12.1 Å². The highest BCUT2D eigenvalue weighted by Gasteiger charge is 2.09. The normalized spacial score (nSPS) is 10.9. The van der Waals surface area contributed by atoms with Gasteiger partial charge in [0.05, 0.1) is 5.52 Å². The smallest absolute Gasteiger partial charge is 0.240 e. The minimum atomic E-state index is 0.611. The van der Waals surface area contributed by atoms with Gasteiger partial charge in [-0.25, -0.2) is 9.97 Å². The lowest BCUT2D eigenvalue weighted by molar-refractivity contribution is 0.469. The van der Waals surface area contributed by atoms with Gasteiger partial charge in [0.1, 0.15) is 16.8 Å². The van der Waals surface area contributed by atoms with Gasteiger partial charge in [-0.15, -0.1) is 11.3 Å². The molecule has 0 atom stereocenters. The third-order valence-electron chi connectivity index (χ3n) is 3.07. The predicted octanol–water partition coefficient (Wildman–Crippen LogP) is 3.29. The third kappa shape index (κ3) is 2.50. The van der Waals surface area contributed by atoms with Crippen molar-refractivity contribution in [3.8, 4) is 11.6 Å². The summed E-state index contributed by atoms with van der Waals surface area (Å²) in [5.74, 6) is 1.39. The Kier molecular flexibility index (Phi) is 3.62. The van der Waals surface area contributed by atoms with Crippen molar-refractivity contribution in [3.05, 3.63) is 47.1 Å². The van der Waals surface area contributed by atoms with Gasteiger partial charge < -0.3 is 10.5 Å². The van der Waals surface area contributed by atoms with Crippen LogP contribution < -0.4 is 10.5 Å². The molecule has 4 nitrogen and oxygen atoms in total. The van der Waals surface area contributed by atoms with Crippen LogP contribution >= 0.6 is 11.3 Å². The lowest BCUT2D eigenvalue weighted by atomic mass is 10.1. The summed E-state index contributed by atoms with van der Waals surface area (Å²) in [5.41, 5.74) is 8.85. The van der Waals surface area contributed by atoms with E-state index >= 15 is 0 Å². The second kappa shape index (κ2) is 5.56. The van der Waals surface area contributed by atoms with Crippen LogP contribution in [0.4, 0.5) is 0 Å². The maximum Gasteiger partial charge on any atom is 0.240 e. The van der Waals surface area contributed by atoms with E-state index in [2.05, 4.69) is 15.3 Å². The number of hydrogen-bond donors (Lipinski definition) is 1. The molecule has 5 heteroatoms. The van der Waals surface area contributed by atoms with E-state index in [-0.39, 0.29) is 0 Å². The summed E-state index contributed by atoms with van der Waals surface area (Å²) in [5, 5.41) is 2.07. The fourth-order valence-corrected chi connectivity index (χ4v) is 2.95. The Morgan fingerprint density at radius 2 is 2.00 bits per heavy atom. The molecule has 0 radical (unpaired) electrons. The number of aryl methyl sites for hydroxylation is 1. The molecule has 0 bridgehead atoms. The van der Waals surface area contributed by atoms with E-state index in [1.165, 1.54) is 5.56 Å². The van der Waals surface area contributed by atoms with Crippen molar-refractivity contribution < 1.29 is 4.74 Å². The molecule has 0 saturated carbocycles. The number of nitrogens with two attached hydrogens (primary N) is 1. The lowest BCUT2D eigenvalue weighted by Gasteiger charge is -2.06. The van der Waals surface area contributed by atoms with Crippen LogP contribution in [0.3, 0.4) is 0 Å². The molecule has 2 aromatic heterocycles. The monoisotopic (exact) mass is 285 g/mol. The third-order valence-corrected chi connectivity index (χ3v) is 4.14. The average Bonchev–Trinajstić information content (AvgIpc) is 2.84. The number of nitrogens with zero attached hydrogens (tertiary/aromatic N) is 2. The van der Waals surface area contributed by atoms with Gasteiger partial charge in [-0.3, -0.25) is 0 Å². The van der Waals surface area contributed by atoms with Crippen molar-refractivity contribution in [2.45, 2.75) is 13.3 Å². The number of fused-ring (bicyclic) bond motifs is 1. The molecular weight excluding hydrogens is 270 g/mol. The topological polar surface area (TPSA) is 61.0 Å². The standard InChI is InChI=1S/C15H15N3OS/c1-10-8-20-14-13(10)17-9-18-15(14)19-12-4-2-11(3-5-12)6-7-16/h2-5,8-9H,6-7,16H2,1H3. The molecule has 0 amide bonds.